The number of hydrogen-bond donors (Lipinski definition) is 1. The lowest BCUT2D eigenvalue weighted by Gasteiger charge is -2.07. The molecule has 0 saturated heterocycles. The zero-order valence-corrected chi connectivity index (χ0v) is 7.85. The van der Waals surface area contributed by atoms with Gasteiger partial charge in [0.2, 0.25) is 0 Å². The van der Waals surface area contributed by atoms with Crippen LogP contribution in [0, 0.1) is 6.92 Å². The predicted octanol–water partition coefficient (Wildman–Crippen LogP) is 2.45. The quantitative estimate of drug-likeness (QED) is 0.719. The maximum Gasteiger partial charge on any atom is 0.123 e. The van der Waals surface area contributed by atoms with Crippen molar-refractivity contribution in [2.24, 2.45) is 0 Å². The Kier molecular flexibility index (Phi) is 2.82. The molecular formula is C9H11ClO2. The highest BCUT2D eigenvalue weighted by Crippen LogP contribution is 2.28. The number of aryl methyl sites for hydroxylation is 1. The van der Waals surface area contributed by atoms with Crippen molar-refractivity contribution in [1.82, 2.24) is 0 Å². The summed E-state index contributed by atoms with van der Waals surface area (Å²) in [6.45, 7) is 1.81. The summed E-state index contributed by atoms with van der Waals surface area (Å²) < 4.78 is 5.02. The van der Waals surface area contributed by atoms with Gasteiger partial charge in [0.15, 0.2) is 0 Å². The van der Waals surface area contributed by atoms with Gasteiger partial charge in [0, 0.05) is 5.56 Å². The zero-order chi connectivity index (χ0) is 9.14. The van der Waals surface area contributed by atoms with Crippen LogP contribution in [0.15, 0.2) is 12.1 Å². The second-order valence-corrected chi connectivity index (χ2v) is 2.85. The molecule has 0 amide bonds. The molecule has 1 aromatic carbocycles. The maximum atomic E-state index is 9.48. The number of phenolic OH excluding ortho intramolecular Hbond substituents is 1. The second-order valence-electron chi connectivity index (χ2n) is 2.59. The van der Waals surface area contributed by atoms with Crippen molar-refractivity contribution >= 4 is 11.6 Å². The molecule has 0 unspecified atom stereocenters. The van der Waals surface area contributed by atoms with E-state index in [0.717, 1.165) is 11.3 Å². The molecule has 0 aliphatic carbocycles. The first-order valence-electron chi connectivity index (χ1n) is 3.61. The third-order valence-corrected chi connectivity index (χ3v) is 2.02. The van der Waals surface area contributed by atoms with Crippen LogP contribution in [-0.2, 0) is 5.88 Å². The van der Waals surface area contributed by atoms with Crippen molar-refractivity contribution in [3.63, 3.8) is 0 Å². The van der Waals surface area contributed by atoms with Gasteiger partial charge in [-0.25, -0.2) is 0 Å². The van der Waals surface area contributed by atoms with Crippen LogP contribution >= 0.6 is 11.6 Å². The summed E-state index contributed by atoms with van der Waals surface area (Å²) in [7, 11) is 1.59. The molecule has 0 radical (unpaired) electrons. The van der Waals surface area contributed by atoms with Gasteiger partial charge in [-0.15, -0.1) is 11.6 Å². The average Bonchev–Trinajstić information content (AvgIpc) is 2.09. The van der Waals surface area contributed by atoms with E-state index in [1.165, 1.54) is 0 Å². The molecule has 1 aromatic rings. The van der Waals surface area contributed by atoms with Crippen LogP contribution in [0.4, 0.5) is 0 Å². The standard InChI is InChI=1S/C9H11ClO2/c1-6-3-8(12-2)4-7(5-10)9(6)11/h3-4,11H,5H2,1-2H3. The first-order valence-corrected chi connectivity index (χ1v) is 4.15. The molecule has 0 aromatic heterocycles. The summed E-state index contributed by atoms with van der Waals surface area (Å²) in [5.74, 6) is 1.27. The molecule has 12 heavy (non-hydrogen) atoms. The monoisotopic (exact) mass is 186 g/mol. The summed E-state index contributed by atoms with van der Waals surface area (Å²) in [4.78, 5) is 0. The van der Waals surface area contributed by atoms with E-state index in [-0.39, 0.29) is 5.75 Å². The fourth-order valence-corrected chi connectivity index (χ4v) is 1.24. The number of hydrogen-bond acceptors (Lipinski definition) is 2. The molecule has 0 bridgehead atoms. The van der Waals surface area contributed by atoms with Gasteiger partial charge >= 0.3 is 0 Å². The van der Waals surface area contributed by atoms with E-state index in [2.05, 4.69) is 0 Å². The fraction of sp³-hybridized carbons (Fsp3) is 0.333. The Hall–Kier alpha value is -0.890. The van der Waals surface area contributed by atoms with Crippen molar-refractivity contribution in [2.45, 2.75) is 12.8 Å². The van der Waals surface area contributed by atoms with E-state index in [1.54, 1.807) is 19.2 Å². The van der Waals surface area contributed by atoms with E-state index in [9.17, 15) is 5.11 Å². The SMILES string of the molecule is COc1cc(C)c(O)c(CCl)c1. The first-order chi connectivity index (χ1) is 5.69. The van der Waals surface area contributed by atoms with E-state index < -0.39 is 0 Å². The Morgan fingerprint density at radius 2 is 2.17 bits per heavy atom. The van der Waals surface area contributed by atoms with Gasteiger partial charge in [-0.1, -0.05) is 0 Å². The van der Waals surface area contributed by atoms with E-state index in [0.29, 0.717) is 11.4 Å². The molecule has 0 saturated carbocycles. The molecule has 0 atom stereocenters. The van der Waals surface area contributed by atoms with Crippen LogP contribution in [0.25, 0.3) is 0 Å². The van der Waals surface area contributed by atoms with Crippen LogP contribution in [0.2, 0.25) is 0 Å². The third-order valence-electron chi connectivity index (χ3n) is 1.73. The summed E-state index contributed by atoms with van der Waals surface area (Å²) in [6, 6.07) is 3.50. The second kappa shape index (κ2) is 3.68. The largest absolute Gasteiger partial charge is 0.507 e. The minimum atomic E-state index is 0.255. The maximum absolute atomic E-state index is 9.48. The molecule has 0 aliphatic rings. The highest BCUT2D eigenvalue weighted by molar-refractivity contribution is 6.17. The number of phenols is 1. The van der Waals surface area contributed by atoms with E-state index >= 15 is 0 Å². The summed E-state index contributed by atoms with van der Waals surface area (Å²) in [6.07, 6.45) is 0. The molecule has 0 heterocycles. The smallest absolute Gasteiger partial charge is 0.123 e. The minimum absolute atomic E-state index is 0.255. The number of ether oxygens (including phenoxy) is 1. The van der Waals surface area contributed by atoms with Crippen LogP contribution < -0.4 is 4.74 Å². The number of aromatic hydroxyl groups is 1. The van der Waals surface area contributed by atoms with E-state index in [1.807, 2.05) is 6.92 Å². The van der Waals surface area contributed by atoms with Crippen molar-refractivity contribution in [2.75, 3.05) is 7.11 Å². The molecular weight excluding hydrogens is 176 g/mol. The van der Waals surface area contributed by atoms with Gasteiger partial charge in [-0.3, -0.25) is 0 Å². The number of halogens is 1. The lowest BCUT2D eigenvalue weighted by molar-refractivity contribution is 0.410. The topological polar surface area (TPSA) is 29.5 Å². The predicted molar refractivity (Wildman–Crippen MR) is 49.0 cm³/mol. The zero-order valence-electron chi connectivity index (χ0n) is 7.10. The van der Waals surface area contributed by atoms with Crippen molar-refractivity contribution in [3.8, 4) is 11.5 Å². The lowest BCUT2D eigenvalue weighted by Crippen LogP contribution is -1.88. The Morgan fingerprint density at radius 1 is 1.50 bits per heavy atom. The molecule has 2 nitrogen and oxygen atoms in total. The Balaban J connectivity index is 3.19. The first kappa shape index (κ1) is 9.20. The highest BCUT2D eigenvalue weighted by Gasteiger charge is 2.05. The summed E-state index contributed by atoms with van der Waals surface area (Å²) in [5.41, 5.74) is 1.48. The highest BCUT2D eigenvalue weighted by atomic mass is 35.5. The molecule has 0 aliphatic heterocycles. The van der Waals surface area contributed by atoms with Crippen molar-refractivity contribution in [1.29, 1.82) is 0 Å². The fourth-order valence-electron chi connectivity index (χ4n) is 1.04. The lowest BCUT2D eigenvalue weighted by atomic mass is 10.1. The van der Waals surface area contributed by atoms with Gasteiger partial charge in [-0.2, -0.15) is 0 Å². The van der Waals surface area contributed by atoms with Crippen molar-refractivity contribution < 1.29 is 9.84 Å². The molecule has 3 heteroatoms. The number of alkyl halides is 1. The van der Waals surface area contributed by atoms with Crippen LogP contribution in [0.3, 0.4) is 0 Å². The normalized spacial score (nSPS) is 9.92. The molecule has 1 N–H and O–H groups in total. The Bertz CT molecular complexity index is 284. The molecule has 0 fully saturated rings. The van der Waals surface area contributed by atoms with Gasteiger partial charge < -0.3 is 9.84 Å². The minimum Gasteiger partial charge on any atom is -0.507 e. The number of benzene rings is 1. The van der Waals surface area contributed by atoms with Gasteiger partial charge in [-0.05, 0) is 24.6 Å². The van der Waals surface area contributed by atoms with Gasteiger partial charge in [0.1, 0.15) is 11.5 Å². The number of rotatable bonds is 2. The van der Waals surface area contributed by atoms with Crippen LogP contribution in [0.5, 0.6) is 11.5 Å². The van der Waals surface area contributed by atoms with Gasteiger partial charge in [0.25, 0.3) is 0 Å². The van der Waals surface area contributed by atoms with Crippen LogP contribution in [0.1, 0.15) is 11.1 Å². The summed E-state index contributed by atoms with van der Waals surface area (Å²) >= 11 is 5.62. The van der Waals surface area contributed by atoms with E-state index in [4.69, 9.17) is 16.3 Å². The van der Waals surface area contributed by atoms with Crippen molar-refractivity contribution in [3.05, 3.63) is 23.3 Å². The van der Waals surface area contributed by atoms with Gasteiger partial charge in [0.05, 0.1) is 13.0 Å². The average molecular weight is 187 g/mol. The molecule has 0 spiro atoms. The van der Waals surface area contributed by atoms with Crippen LogP contribution in [-0.4, -0.2) is 12.2 Å². The Labute approximate surface area is 76.7 Å². The number of methoxy groups -OCH3 is 1. The molecule has 1 rings (SSSR count). The summed E-state index contributed by atoms with van der Waals surface area (Å²) in [5, 5.41) is 9.48. The Morgan fingerprint density at radius 3 is 2.67 bits per heavy atom. The third kappa shape index (κ3) is 1.64. The molecule has 66 valence electrons.